The van der Waals surface area contributed by atoms with Gasteiger partial charge in [0.05, 0.1) is 0 Å². The van der Waals surface area contributed by atoms with Gasteiger partial charge < -0.3 is 23.7 Å². The molecule has 270 valence electrons. The third kappa shape index (κ3) is 7.92. The number of halogens is 6. The maximum atomic E-state index is 14.7. The van der Waals surface area contributed by atoms with Crippen molar-refractivity contribution in [1.82, 2.24) is 0 Å². The highest BCUT2D eigenvalue weighted by Gasteiger charge is 2.66. The van der Waals surface area contributed by atoms with Gasteiger partial charge in [0, 0.05) is 25.3 Å². The highest BCUT2D eigenvalue weighted by molar-refractivity contribution is 5.87. The Morgan fingerprint density at radius 1 is 0.569 bits per heavy atom. The molecule has 4 aromatic rings. The molecular weight excluding hydrogens is 686 g/mol. The van der Waals surface area contributed by atoms with Crippen LogP contribution in [0.3, 0.4) is 0 Å². The zero-order valence-corrected chi connectivity index (χ0v) is 27.4. The van der Waals surface area contributed by atoms with Gasteiger partial charge in [0.2, 0.25) is 6.10 Å². The first-order valence-electron chi connectivity index (χ1n) is 15.2. The van der Waals surface area contributed by atoms with E-state index in [1.54, 1.807) is 24.3 Å². The molecule has 0 aromatic heterocycles. The van der Waals surface area contributed by atoms with E-state index in [0.717, 1.165) is 42.3 Å². The van der Waals surface area contributed by atoms with Crippen LogP contribution in [-0.2, 0) is 55.9 Å². The zero-order valence-electron chi connectivity index (χ0n) is 27.4. The van der Waals surface area contributed by atoms with Gasteiger partial charge in [0.1, 0.15) is 12.7 Å². The van der Waals surface area contributed by atoms with Crippen LogP contribution < -0.4 is 0 Å². The van der Waals surface area contributed by atoms with Crippen LogP contribution in [0.1, 0.15) is 23.6 Å². The van der Waals surface area contributed by atoms with Crippen molar-refractivity contribution in [3.05, 3.63) is 132 Å². The largest absolute Gasteiger partial charge is 0.458 e. The highest BCUT2D eigenvalue weighted by Crippen LogP contribution is 2.45. The number of esters is 3. The van der Waals surface area contributed by atoms with E-state index in [0.29, 0.717) is 19.8 Å². The van der Waals surface area contributed by atoms with Gasteiger partial charge in [-0.05, 0) is 23.6 Å². The van der Waals surface area contributed by atoms with Crippen LogP contribution in [-0.4, -0.2) is 56.7 Å². The molecule has 0 fully saturated rings. The maximum Gasteiger partial charge on any atom is 0.432 e. The lowest BCUT2D eigenvalue weighted by atomic mass is 9.92. The van der Waals surface area contributed by atoms with Crippen LogP contribution in [0.2, 0.25) is 0 Å². The quantitative estimate of drug-likeness (QED) is 0.0800. The van der Waals surface area contributed by atoms with Crippen LogP contribution in [0.25, 0.3) is 11.1 Å². The number of carbonyl (C=O) groups excluding carboxylic acids is 3. The molecule has 0 aliphatic heterocycles. The molecule has 0 spiro atoms. The lowest BCUT2D eigenvalue weighted by Gasteiger charge is -2.35. The second-order valence-corrected chi connectivity index (χ2v) is 11.1. The van der Waals surface area contributed by atoms with Crippen LogP contribution in [0.15, 0.2) is 115 Å². The van der Waals surface area contributed by atoms with Crippen molar-refractivity contribution in [3.63, 3.8) is 0 Å². The van der Waals surface area contributed by atoms with Crippen LogP contribution in [0.4, 0.5) is 26.3 Å². The normalized spacial score (nSPS) is 15.4. The summed E-state index contributed by atoms with van der Waals surface area (Å²) in [5.74, 6) is -5.82. The predicted molar refractivity (Wildman–Crippen MR) is 169 cm³/mol. The van der Waals surface area contributed by atoms with E-state index >= 15 is 0 Å². The summed E-state index contributed by atoms with van der Waals surface area (Å²) in [6.45, 7) is 0.336. The van der Waals surface area contributed by atoms with Gasteiger partial charge in [-0.2, -0.15) is 26.3 Å². The average molecular weight is 719 g/mol. The summed E-state index contributed by atoms with van der Waals surface area (Å²) in [5, 5.41) is 0. The Hall–Kier alpha value is -5.21. The van der Waals surface area contributed by atoms with E-state index < -0.39 is 71.4 Å². The van der Waals surface area contributed by atoms with Gasteiger partial charge >= 0.3 is 30.3 Å². The zero-order chi connectivity index (χ0) is 37.5. The van der Waals surface area contributed by atoms with Crippen molar-refractivity contribution in [2.45, 2.75) is 49.3 Å². The van der Waals surface area contributed by atoms with Crippen LogP contribution in [0, 0.1) is 0 Å². The second-order valence-electron chi connectivity index (χ2n) is 11.1. The molecule has 0 saturated carbocycles. The lowest BCUT2D eigenvalue weighted by Crippen LogP contribution is -2.56. The number of methoxy groups -OCH3 is 2. The molecule has 0 amide bonds. The number of benzene rings is 4. The number of ether oxygens (including phenoxy) is 5. The molecule has 0 aliphatic rings. The summed E-state index contributed by atoms with van der Waals surface area (Å²) in [5.41, 5.74) is -6.90. The molecular formula is C37H32F6O8. The molecule has 0 saturated heterocycles. The molecule has 0 N–H and O–H groups in total. The fourth-order valence-corrected chi connectivity index (χ4v) is 5.28. The first-order chi connectivity index (χ1) is 24.1. The Kier molecular flexibility index (Phi) is 11.9. The first-order valence-corrected chi connectivity index (χ1v) is 15.2. The van der Waals surface area contributed by atoms with E-state index in [4.69, 9.17) is 23.7 Å². The van der Waals surface area contributed by atoms with Crippen LogP contribution in [0.5, 0.6) is 0 Å². The van der Waals surface area contributed by atoms with Crippen LogP contribution >= 0.6 is 0 Å². The van der Waals surface area contributed by atoms with Crippen molar-refractivity contribution in [2.75, 3.05) is 14.2 Å². The summed E-state index contributed by atoms with van der Waals surface area (Å²) < 4.78 is 112. The summed E-state index contributed by atoms with van der Waals surface area (Å²) in [7, 11) is 1.17. The number of hydrogen-bond donors (Lipinski definition) is 0. The van der Waals surface area contributed by atoms with Gasteiger partial charge in [0.25, 0.3) is 11.2 Å². The fourth-order valence-electron chi connectivity index (χ4n) is 5.28. The molecule has 14 heteroatoms. The molecule has 8 nitrogen and oxygen atoms in total. The first kappa shape index (κ1) is 38.6. The van der Waals surface area contributed by atoms with Gasteiger partial charge in [0.15, 0.2) is 0 Å². The standard InChI is InChI=1S/C37H32F6O8/c1-24(50-32(45)34(47-2,36(38,39)40)28-15-9-5-10-16-28)30(51-33(46)35(48-3,37(41,42)43)29-17-11-6-12-18-29)31(44)49-23-25-19-21-27(22-20-25)26-13-7-4-8-14-26/h4-22,24,30H,23H2,1-3H3/t24-,30+,34-,35-/m0/s1. The topological polar surface area (TPSA) is 97.4 Å². The van der Waals surface area contributed by atoms with Gasteiger partial charge in [-0.3, -0.25) is 0 Å². The molecule has 0 radical (unpaired) electrons. The number of carbonyl (C=O) groups is 3. The number of rotatable bonds is 13. The highest BCUT2D eigenvalue weighted by atomic mass is 19.4. The van der Waals surface area contributed by atoms with E-state index in [-0.39, 0.29) is 0 Å². The Morgan fingerprint density at radius 3 is 1.37 bits per heavy atom. The minimum Gasteiger partial charge on any atom is -0.458 e. The molecule has 0 aliphatic carbocycles. The van der Waals surface area contributed by atoms with E-state index in [9.17, 15) is 40.7 Å². The molecule has 0 bridgehead atoms. The molecule has 4 aromatic carbocycles. The lowest BCUT2D eigenvalue weighted by molar-refractivity contribution is -0.285. The Balaban J connectivity index is 1.68. The van der Waals surface area contributed by atoms with Crippen molar-refractivity contribution in [1.29, 1.82) is 0 Å². The minimum absolute atomic E-state index is 0.392. The molecule has 4 atom stereocenters. The summed E-state index contributed by atoms with van der Waals surface area (Å²) >= 11 is 0. The van der Waals surface area contributed by atoms with E-state index in [1.165, 1.54) is 36.4 Å². The molecule has 4 rings (SSSR count). The van der Waals surface area contributed by atoms with E-state index in [1.807, 2.05) is 30.3 Å². The van der Waals surface area contributed by atoms with E-state index in [2.05, 4.69) is 0 Å². The third-order valence-electron chi connectivity index (χ3n) is 7.97. The SMILES string of the molecule is CO[C@](C(=O)O[C@@H](C)[C@@H](OC(=O)[C@@](OC)(c1ccccc1)C(F)(F)F)C(=O)OCc1ccc(-c2ccccc2)cc1)(c1ccccc1)C(F)(F)F. The third-order valence-corrected chi connectivity index (χ3v) is 7.97. The van der Waals surface area contributed by atoms with Gasteiger partial charge in [-0.15, -0.1) is 0 Å². The monoisotopic (exact) mass is 718 g/mol. The Labute approximate surface area is 288 Å². The van der Waals surface area contributed by atoms with Crippen molar-refractivity contribution in [3.8, 4) is 11.1 Å². The number of hydrogen-bond acceptors (Lipinski definition) is 8. The molecule has 51 heavy (non-hydrogen) atoms. The summed E-state index contributed by atoms with van der Waals surface area (Å²) in [6.07, 6.45) is -15.6. The summed E-state index contributed by atoms with van der Waals surface area (Å²) in [6, 6.07) is 27.1. The van der Waals surface area contributed by atoms with Crippen molar-refractivity contribution >= 4 is 17.9 Å². The average Bonchev–Trinajstić information content (AvgIpc) is 3.11. The van der Waals surface area contributed by atoms with Gasteiger partial charge in [-0.25, -0.2) is 14.4 Å². The van der Waals surface area contributed by atoms with Gasteiger partial charge in [-0.1, -0.05) is 115 Å². The molecule has 0 heterocycles. The smallest absolute Gasteiger partial charge is 0.432 e. The maximum absolute atomic E-state index is 14.7. The van der Waals surface area contributed by atoms with Crippen molar-refractivity contribution < 1.29 is 64.4 Å². The number of alkyl halides is 6. The minimum atomic E-state index is -5.48. The molecule has 0 unspecified atom stereocenters. The summed E-state index contributed by atoms with van der Waals surface area (Å²) in [4.78, 5) is 40.4. The Morgan fingerprint density at radius 2 is 0.961 bits per heavy atom. The van der Waals surface area contributed by atoms with Crippen molar-refractivity contribution in [2.24, 2.45) is 0 Å². The predicted octanol–water partition coefficient (Wildman–Crippen LogP) is 7.45. The second kappa shape index (κ2) is 15.8. The fraction of sp³-hybridized carbons (Fsp3) is 0.270. The Bertz CT molecular complexity index is 1770.